The van der Waals surface area contributed by atoms with Gasteiger partial charge in [0.2, 0.25) is 5.28 Å². The van der Waals surface area contributed by atoms with Crippen LogP contribution in [0, 0.1) is 0 Å². The predicted molar refractivity (Wildman–Crippen MR) is 137 cm³/mol. The number of ether oxygens (including phenoxy) is 2. The number of rotatable bonds is 10. The van der Waals surface area contributed by atoms with Gasteiger partial charge in [0.1, 0.15) is 24.1 Å². The Labute approximate surface area is 227 Å². The Balaban J connectivity index is 1.36. The van der Waals surface area contributed by atoms with Crippen LogP contribution in [-0.4, -0.2) is 97.3 Å². The molecule has 4 heterocycles. The van der Waals surface area contributed by atoms with E-state index in [4.69, 9.17) is 21.1 Å². The first-order valence-electron chi connectivity index (χ1n) is 12.5. The van der Waals surface area contributed by atoms with Gasteiger partial charge in [-0.3, -0.25) is 4.57 Å². The van der Waals surface area contributed by atoms with E-state index in [0.717, 1.165) is 25.7 Å². The molecule has 1 unspecified atom stereocenters. The van der Waals surface area contributed by atoms with Crippen LogP contribution in [0.25, 0.3) is 11.0 Å². The molecule has 3 aromatic rings. The minimum absolute atomic E-state index is 0.0402. The van der Waals surface area contributed by atoms with Crippen molar-refractivity contribution in [3.05, 3.63) is 29.7 Å². The van der Waals surface area contributed by atoms with E-state index in [9.17, 15) is 29.7 Å². The van der Waals surface area contributed by atoms with Gasteiger partial charge in [-0.15, -0.1) is 0 Å². The third-order valence-corrected chi connectivity index (χ3v) is 8.87. The molecule has 2 aliphatic rings. The zero-order chi connectivity index (χ0) is 27.9. The third kappa shape index (κ3) is 5.56. The van der Waals surface area contributed by atoms with E-state index >= 15 is 0 Å². The molecule has 0 aromatic carbocycles. The van der Waals surface area contributed by atoms with Gasteiger partial charge in [0, 0.05) is 25.7 Å². The Kier molecular flexibility index (Phi) is 7.99. The zero-order valence-corrected chi connectivity index (χ0v) is 22.7. The first kappa shape index (κ1) is 28.3. The maximum atomic E-state index is 12.4. The average Bonchev–Trinajstić information content (AvgIpc) is 3.67. The highest BCUT2D eigenvalue weighted by atomic mass is 35.5. The van der Waals surface area contributed by atoms with Gasteiger partial charge in [-0.05, 0) is 24.4 Å². The summed E-state index contributed by atoms with van der Waals surface area (Å²) in [5.74, 6) is 0.500. The van der Waals surface area contributed by atoms with Crippen molar-refractivity contribution >= 4 is 36.0 Å². The minimum atomic E-state index is -5.05. The van der Waals surface area contributed by atoms with Crippen LogP contribution >= 0.6 is 19.2 Å². The van der Waals surface area contributed by atoms with Gasteiger partial charge < -0.3 is 44.5 Å². The Morgan fingerprint density at radius 3 is 2.64 bits per heavy atom. The Morgan fingerprint density at radius 2 is 2.00 bits per heavy atom. The minimum Gasteiger partial charge on any atom is -0.393 e. The fourth-order valence-corrected chi connectivity index (χ4v) is 6.00. The van der Waals surface area contributed by atoms with Crippen LogP contribution < -0.4 is 5.32 Å². The van der Waals surface area contributed by atoms with Crippen LogP contribution in [0.5, 0.6) is 0 Å². The normalized spacial score (nSPS) is 25.9. The highest BCUT2D eigenvalue weighted by molar-refractivity contribution is 7.53. The van der Waals surface area contributed by atoms with Crippen LogP contribution in [0.15, 0.2) is 18.7 Å². The second-order valence-corrected chi connectivity index (χ2v) is 12.2. The SMILES string of the molecule is Cn1cnc(CC(CO)(OC[C@H]2O[C@@H](n3ncc4c(NC5CCCC5)nc(Cl)nc43)[C@H](O)[C@@H]2O)P(=O)(O)O)c1. The van der Waals surface area contributed by atoms with Gasteiger partial charge in [-0.2, -0.15) is 15.1 Å². The zero-order valence-electron chi connectivity index (χ0n) is 21.0. The number of hydrogen-bond acceptors (Lipinski definition) is 11. The van der Waals surface area contributed by atoms with E-state index in [-0.39, 0.29) is 22.7 Å². The van der Waals surface area contributed by atoms with Crippen LogP contribution in [-0.2, 0) is 27.5 Å². The summed E-state index contributed by atoms with van der Waals surface area (Å²) in [5, 5.41) is 37.4. The summed E-state index contributed by atoms with van der Waals surface area (Å²) in [6, 6.07) is 0.242. The molecule has 1 aliphatic heterocycles. The summed E-state index contributed by atoms with van der Waals surface area (Å²) in [4.78, 5) is 32.7. The molecule has 3 aromatic heterocycles. The molecule has 0 amide bonds. The lowest BCUT2D eigenvalue weighted by atomic mass is 10.1. The molecule has 0 radical (unpaired) electrons. The summed E-state index contributed by atoms with van der Waals surface area (Å²) in [5.41, 5.74) is 0.547. The molecule has 5 rings (SSSR count). The fraction of sp³-hybridized carbons (Fsp3) is 0.636. The Morgan fingerprint density at radius 1 is 1.26 bits per heavy atom. The number of anilines is 1. The predicted octanol–water partition coefficient (Wildman–Crippen LogP) is 0.312. The smallest absolute Gasteiger partial charge is 0.359 e. The highest BCUT2D eigenvalue weighted by Gasteiger charge is 2.51. The number of aliphatic hydroxyl groups is 3. The van der Waals surface area contributed by atoms with Crippen molar-refractivity contribution in [1.29, 1.82) is 0 Å². The van der Waals surface area contributed by atoms with E-state index in [1.807, 2.05) is 0 Å². The third-order valence-electron chi connectivity index (χ3n) is 7.21. The van der Waals surface area contributed by atoms with Gasteiger partial charge in [0.05, 0.1) is 36.8 Å². The number of imidazole rings is 1. The highest BCUT2D eigenvalue weighted by Crippen LogP contribution is 2.53. The van der Waals surface area contributed by atoms with Crippen molar-refractivity contribution < 1.29 is 39.1 Å². The number of aliphatic hydroxyl groups excluding tert-OH is 3. The van der Waals surface area contributed by atoms with Crippen LogP contribution in [0.2, 0.25) is 5.28 Å². The van der Waals surface area contributed by atoms with E-state index in [0.29, 0.717) is 11.2 Å². The molecule has 2 fully saturated rings. The van der Waals surface area contributed by atoms with Crippen LogP contribution in [0.4, 0.5) is 5.82 Å². The molecule has 1 saturated carbocycles. The molecule has 39 heavy (non-hydrogen) atoms. The number of aryl methyl sites for hydroxylation is 1. The lowest BCUT2D eigenvalue weighted by Gasteiger charge is -2.33. The summed E-state index contributed by atoms with van der Waals surface area (Å²) >= 11 is 6.18. The number of nitrogens with one attached hydrogen (secondary N) is 1. The second-order valence-electron chi connectivity index (χ2n) is 10.0. The van der Waals surface area contributed by atoms with E-state index in [2.05, 4.69) is 25.4 Å². The van der Waals surface area contributed by atoms with Gasteiger partial charge in [0.15, 0.2) is 17.2 Å². The molecule has 15 nitrogen and oxygen atoms in total. The van der Waals surface area contributed by atoms with E-state index in [1.165, 1.54) is 23.4 Å². The van der Waals surface area contributed by atoms with Crippen molar-refractivity contribution in [2.24, 2.45) is 7.05 Å². The fourth-order valence-electron chi connectivity index (χ4n) is 5.04. The molecule has 214 valence electrons. The topological polar surface area (TPSA) is 210 Å². The molecule has 6 N–H and O–H groups in total. The monoisotopic (exact) mass is 587 g/mol. The molecule has 0 spiro atoms. The Hall–Kier alpha value is -2.20. The maximum Gasteiger partial charge on any atom is 0.359 e. The maximum absolute atomic E-state index is 12.4. The Bertz CT molecular complexity index is 1360. The number of hydrogen-bond donors (Lipinski definition) is 6. The van der Waals surface area contributed by atoms with Crippen molar-refractivity contribution in [3.63, 3.8) is 0 Å². The summed E-state index contributed by atoms with van der Waals surface area (Å²) in [6.45, 7) is -1.59. The molecule has 1 aliphatic carbocycles. The summed E-state index contributed by atoms with van der Waals surface area (Å²) < 4.78 is 26.7. The molecule has 17 heteroatoms. The first-order valence-corrected chi connectivity index (χ1v) is 14.5. The van der Waals surface area contributed by atoms with Gasteiger partial charge in [-0.25, -0.2) is 9.67 Å². The lowest BCUT2D eigenvalue weighted by Crippen LogP contribution is -2.43. The number of halogens is 1. The van der Waals surface area contributed by atoms with Crippen molar-refractivity contribution in [2.45, 2.75) is 68.0 Å². The van der Waals surface area contributed by atoms with E-state index in [1.54, 1.807) is 11.6 Å². The average molecular weight is 588 g/mol. The van der Waals surface area contributed by atoms with Crippen molar-refractivity contribution in [1.82, 2.24) is 29.3 Å². The summed E-state index contributed by atoms with van der Waals surface area (Å²) in [7, 11) is -3.37. The molecule has 0 bridgehead atoms. The van der Waals surface area contributed by atoms with E-state index < -0.39 is 57.1 Å². The standard InChI is InChI=1S/C22H31ClN7O8P/c1-29-8-13(24-11-29)6-22(10-31,39(34,35)36)37-9-15-16(32)17(33)20(38-15)30-19-14(7-25-30)18(27-21(23)28-19)26-12-4-2-3-5-12/h7-8,11-12,15-17,20,31-33H,2-6,9-10H2,1H3,(H,26,27,28)(H2,34,35,36)/t15-,16-,17-,20-,22?/m1/s1. The summed E-state index contributed by atoms with van der Waals surface area (Å²) in [6.07, 6.45) is 2.88. The van der Waals surface area contributed by atoms with Crippen molar-refractivity contribution in [3.8, 4) is 0 Å². The number of nitrogens with zero attached hydrogens (tertiary/aromatic N) is 6. The molecule has 1 saturated heterocycles. The molecule has 5 atom stereocenters. The lowest BCUT2D eigenvalue weighted by molar-refractivity contribution is -0.109. The number of aromatic nitrogens is 6. The van der Waals surface area contributed by atoms with Gasteiger partial charge >= 0.3 is 7.60 Å². The largest absolute Gasteiger partial charge is 0.393 e. The molecular weight excluding hydrogens is 557 g/mol. The first-order chi connectivity index (χ1) is 18.5. The van der Waals surface area contributed by atoms with Gasteiger partial charge in [0.25, 0.3) is 0 Å². The molecular formula is C22H31ClN7O8P. The second kappa shape index (κ2) is 11.0. The van der Waals surface area contributed by atoms with Crippen molar-refractivity contribution in [2.75, 3.05) is 18.5 Å². The van der Waals surface area contributed by atoms with Crippen LogP contribution in [0.1, 0.15) is 37.6 Å². The van der Waals surface area contributed by atoms with Gasteiger partial charge in [-0.1, -0.05) is 12.8 Å². The van der Waals surface area contributed by atoms with Crippen LogP contribution in [0.3, 0.4) is 0 Å². The quantitative estimate of drug-likeness (QED) is 0.139. The number of fused-ring (bicyclic) bond motifs is 1.